The van der Waals surface area contributed by atoms with Crippen molar-refractivity contribution in [3.63, 3.8) is 0 Å². The SMILES string of the molecule is Cc1nc2nonc2c(N)c1Cc1ccc(Br)c(NC2CC(F)(F)C2)n1. The van der Waals surface area contributed by atoms with E-state index < -0.39 is 5.92 Å². The number of halogens is 3. The summed E-state index contributed by atoms with van der Waals surface area (Å²) in [4.78, 5) is 8.88. The van der Waals surface area contributed by atoms with Crippen LogP contribution >= 0.6 is 15.9 Å². The van der Waals surface area contributed by atoms with Crippen LogP contribution in [0.25, 0.3) is 11.2 Å². The van der Waals surface area contributed by atoms with E-state index in [1.54, 1.807) is 0 Å². The monoisotopic (exact) mass is 424 g/mol. The Morgan fingerprint density at radius 1 is 1.31 bits per heavy atom. The number of anilines is 2. The standard InChI is InChI=1S/C16H15BrF2N6O/c1-7-10(12(20)13-15(21-7)25-26-24-13)4-8-2-3-11(17)14(22-8)23-9-5-16(18,19)6-9/h2-3,9H,4-6,20H2,1H3,(H,22,23). The number of nitrogens with zero attached hydrogens (tertiary/aromatic N) is 4. The number of alkyl halides is 2. The molecule has 1 saturated carbocycles. The second-order valence-corrected chi connectivity index (χ2v) is 7.30. The van der Waals surface area contributed by atoms with Crippen LogP contribution < -0.4 is 11.1 Å². The zero-order valence-electron chi connectivity index (χ0n) is 13.8. The first-order chi connectivity index (χ1) is 12.3. The van der Waals surface area contributed by atoms with Gasteiger partial charge in [-0.05, 0) is 45.3 Å². The van der Waals surface area contributed by atoms with Crippen LogP contribution in [-0.4, -0.2) is 32.2 Å². The molecule has 136 valence electrons. The van der Waals surface area contributed by atoms with Gasteiger partial charge in [-0.15, -0.1) is 0 Å². The van der Waals surface area contributed by atoms with E-state index in [2.05, 4.69) is 46.2 Å². The Kier molecular flexibility index (Phi) is 4.02. The summed E-state index contributed by atoms with van der Waals surface area (Å²) < 4.78 is 31.5. The van der Waals surface area contributed by atoms with Crippen molar-refractivity contribution in [3.8, 4) is 0 Å². The average molecular weight is 425 g/mol. The lowest BCUT2D eigenvalue weighted by molar-refractivity contribution is -0.0794. The molecule has 1 fully saturated rings. The van der Waals surface area contributed by atoms with Crippen LogP contribution in [-0.2, 0) is 6.42 Å². The Morgan fingerprint density at radius 3 is 2.81 bits per heavy atom. The molecule has 0 aliphatic heterocycles. The molecule has 0 spiro atoms. The van der Waals surface area contributed by atoms with Gasteiger partial charge in [-0.2, -0.15) is 0 Å². The number of hydrogen-bond acceptors (Lipinski definition) is 7. The molecule has 0 saturated heterocycles. The topological polar surface area (TPSA) is 103 Å². The van der Waals surface area contributed by atoms with Crippen molar-refractivity contribution in [2.24, 2.45) is 0 Å². The summed E-state index contributed by atoms with van der Waals surface area (Å²) in [5.41, 5.74) is 9.63. The second-order valence-electron chi connectivity index (χ2n) is 6.44. The van der Waals surface area contributed by atoms with Gasteiger partial charge in [0.05, 0.1) is 10.2 Å². The fourth-order valence-corrected chi connectivity index (χ4v) is 3.37. The molecular weight excluding hydrogens is 410 g/mol. The van der Waals surface area contributed by atoms with E-state index in [0.29, 0.717) is 34.8 Å². The second kappa shape index (κ2) is 6.11. The van der Waals surface area contributed by atoms with E-state index >= 15 is 0 Å². The van der Waals surface area contributed by atoms with E-state index in [9.17, 15) is 8.78 Å². The molecule has 0 radical (unpaired) electrons. The molecule has 4 rings (SSSR count). The molecule has 1 aliphatic rings. The maximum absolute atomic E-state index is 13.0. The highest BCUT2D eigenvalue weighted by molar-refractivity contribution is 9.10. The van der Waals surface area contributed by atoms with E-state index in [1.807, 2.05) is 19.1 Å². The van der Waals surface area contributed by atoms with Crippen LogP contribution in [0, 0.1) is 6.92 Å². The number of nitrogens with two attached hydrogens (primary N) is 1. The van der Waals surface area contributed by atoms with Crippen LogP contribution in [0.5, 0.6) is 0 Å². The highest BCUT2D eigenvalue weighted by Gasteiger charge is 2.45. The van der Waals surface area contributed by atoms with Crippen LogP contribution in [0.1, 0.15) is 29.8 Å². The van der Waals surface area contributed by atoms with Gasteiger partial charge in [-0.3, -0.25) is 0 Å². The zero-order valence-corrected chi connectivity index (χ0v) is 15.3. The fourth-order valence-electron chi connectivity index (χ4n) is 3.03. The molecule has 0 unspecified atom stereocenters. The first-order valence-corrected chi connectivity index (χ1v) is 8.79. The van der Waals surface area contributed by atoms with Crippen LogP contribution in [0.3, 0.4) is 0 Å². The summed E-state index contributed by atoms with van der Waals surface area (Å²) in [6.07, 6.45) is 0.0601. The summed E-state index contributed by atoms with van der Waals surface area (Å²) in [5, 5.41) is 10.5. The maximum atomic E-state index is 13.0. The number of nitrogens with one attached hydrogen (secondary N) is 1. The number of fused-ring (bicyclic) bond motifs is 1. The number of nitrogen functional groups attached to an aromatic ring is 1. The molecule has 3 aromatic heterocycles. The summed E-state index contributed by atoms with van der Waals surface area (Å²) in [5.74, 6) is -2.05. The molecule has 1 aliphatic carbocycles. The van der Waals surface area contributed by atoms with Crippen molar-refractivity contribution >= 4 is 38.6 Å². The number of rotatable bonds is 4. The molecule has 3 N–H and O–H groups in total. The third kappa shape index (κ3) is 3.09. The van der Waals surface area contributed by atoms with Crippen molar-refractivity contribution in [1.29, 1.82) is 0 Å². The lowest BCUT2D eigenvalue weighted by atomic mass is 9.88. The van der Waals surface area contributed by atoms with Crippen LogP contribution in [0.15, 0.2) is 21.2 Å². The van der Waals surface area contributed by atoms with Crippen LogP contribution in [0.2, 0.25) is 0 Å². The Labute approximate surface area is 155 Å². The molecular formula is C16H15BrF2N6O. The third-order valence-corrected chi connectivity index (χ3v) is 5.09. The van der Waals surface area contributed by atoms with Gasteiger partial charge in [0.2, 0.25) is 5.65 Å². The van der Waals surface area contributed by atoms with Crippen molar-refractivity contribution < 1.29 is 13.4 Å². The molecule has 0 aromatic carbocycles. The van der Waals surface area contributed by atoms with Gasteiger partial charge in [0.15, 0.2) is 5.52 Å². The Bertz CT molecular complexity index is 984. The van der Waals surface area contributed by atoms with Gasteiger partial charge in [-0.1, -0.05) is 0 Å². The molecule has 26 heavy (non-hydrogen) atoms. The number of pyridine rings is 2. The molecule has 0 atom stereocenters. The molecule has 3 aromatic rings. The van der Waals surface area contributed by atoms with Gasteiger partial charge in [-0.25, -0.2) is 23.4 Å². The van der Waals surface area contributed by atoms with Crippen molar-refractivity contribution in [3.05, 3.63) is 33.6 Å². The lowest BCUT2D eigenvalue weighted by Crippen LogP contribution is -2.44. The minimum Gasteiger partial charge on any atom is -0.396 e. The summed E-state index contributed by atoms with van der Waals surface area (Å²) in [6, 6.07) is 3.39. The third-order valence-electron chi connectivity index (χ3n) is 4.45. The van der Waals surface area contributed by atoms with E-state index in [0.717, 1.165) is 15.7 Å². The highest BCUT2D eigenvalue weighted by Crippen LogP contribution is 2.39. The molecule has 10 heteroatoms. The minimum absolute atomic E-state index is 0.183. The predicted molar refractivity (Wildman–Crippen MR) is 95.1 cm³/mol. The highest BCUT2D eigenvalue weighted by atomic mass is 79.9. The largest absolute Gasteiger partial charge is 0.396 e. The zero-order chi connectivity index (χ0) is 18.5. The van der Waals surface area contributed by atoms with Gasteiger partial charge < -0.3 is 11.1 Å². The first-order valence-electron chi connectivity index (χ1n) is 7.99. The molecule has 7 nitrogen and oxygen atoms in total. The van der Waals surface area contributed by atoms with Gasteiger partial charge in [0.1, 0.15) is 5.82 Å². The number of aromatic nitrogens is 4. The van der Waals surface area contributed by atoms with E-state index in [1.165, 1.54) is 0 Å². The van der Waals surface area contributed by atoms with Gasteiger partial charge in [0, 0.05) is 42.3 Å². The Balaban J connectivity index is 1.60. The maximum Gasteiger partial charge on any atom is 0.252 e. The van der Waals surface area contributed by atoms with Gasteiger partial charge in [0.25, 0.3) is 5.92 Å². The normalized spacial score (nSPS) is 16.6. The number of aryl methyl sites for hydroxylation is 1. The molecule has 0 amide bonds. The molecule has 0 bridgehead atoms. The summed E-state index contributed by atoms with van der Waals surface area (Å²) >= 11 is 3.40. The fraction of sp³-hybridized carbons (Fsp3) is 0.375. The lowest BCUT2D eigenvalue weighted by Gasteiger charge is -2.35. The smallest absolute Gasteiger partial charge is 0.252 e. The van der Waals surface area contributed by atoms with Crippen LogP contribution in [0.4, 0.5) is 20.3 Å². The van der Waals surface area contributed by atoms with Crippen molar-refractivity contribution in [1.82, 2.24) is 20.3 Å². The quantitative estimate of drug-likeness (QED) is 0.660. The Morgan fingerprint density at radius 2 is 2.08 bits per heavy atom. The van der Waals surface area contributed by atoms with Gasteiger partial charge >= 0.3 is 0 Å². The summed E-state index contributed by atoms with van der Waals surface area (Å²) in [7, 11) is 0. The summed E-state index contributed by atoms with van der Waals surface area (Å²) in [6.45, 7) is 1.83. The van der Waals surface area contributed by atoms with E-state index in [-0.39, 0.29) is 18.9 Å². The first kappa shape index (κ1) is 17.1. The number of hydrogen-bond donors (Lipinski definition) is 2. The van der Waals surface area contributed by atoms with Crippen molar-refractivity contribution in [2.75, 3.05) is 11.1 Å². The minimum atomic E-state index is -2.58. The Hall–Kier alpha value is -2.36. The van der Waals surface area contributed by atoms with E-state index in [4.69, 9.17) is 5.73 Å². The molecule has 3 heterocycles. The predicted octanol–water partition coefficient (Wildman–Crippen LogP) is 3.47. The van der Waals surface area contributed by atoms with Crippen molar-refractivity contribution in [2.45, 2.75) is 38.2 Å². The average Bonchev–Trinajstić information content (AvgIpc) is 3.01.